The topological polar surface area (TPSA) is 67.8 Å². The van der Waals surface area contributed by atoms with Gasteiger partial charge in [0, 0.05) is 20.7 Å². The summed E-state index contributed by atoms with van der Waals surface area (Å²) in [6.07, 6.45) is 1.55. The third-order valence-corrected chi connectivity index (χ3v) is 4.51. The van der Waals surface area contributed by atoms with Gasteiger partial charge < -0.3 is 15.6 Å². The predicted molar refractivity (Wildman–Crippen MR) is 88.2 cm³/mol. The van der Waals surface area contributed by atoms with Crippen LogP contribution in [0.4, 0.5) is 11.4 Å². The number of methoxy groups -OCH3 is 1. The van der Waals surface area contributed by atoms with E-state index in [1.807, 2.05) is 0 Å². The summed E-state index contributed by atoms with van der Waals surface area (Å²) in [5, 5.41) is 9.97. The summed E-state index contributed by atoms with van der Waals surface area (Å²) in [5.74, 6) is 0.451. The summed E-state index contributed by atoms with van der Waals surface area (Å²) in [6.45, 7) is 0. The number of rotatable bonds is 3. The van der Waals surface area contributed by atoms with Crippen molar-refractivity contribution in [3.05, 3.63) is 44.8 Å². The van der Waals surface area contributed by atoms with Crippen LogP contribution in [0.2, 0.25) is 0 Å². The van der Waals surface area contributed by atoms with Gasteiger partial charge in [-0.3, -0.25) is 4.99 Å². The summed E-state index contributed by atoms with van der Waals surface area (Å²) in [7, 11) is 1.50. The van der Waals surface area contributed by atoms with Crippen molar-refractivity contribution < 1.29 is 9.84 Å². The van der Waals surface area contributed by atoms with Crippen molar-refractivity contribution in [1.29, 1.82) is 0 Å². The lowest BCUT2D eigenvalue weighted by Crippen LogP contribution is -1.89. The van der Waals surface area contributed by atoms with Gasteiger partial charge in [-0.2, -0.15) is 0 Å². The minimum atomic E-state index is 0.0495. The third kappa shape index (κ3) is 3.13. The Morgan fingerprint density at radius 2 is 1.95 bits per heavy atom. The van der Waals surface area contributed by atoms with E-state index in [1.54, 1.807) is 36.5 Å². The first kappa shape index (κ1) is 14.9. The number of phenolic OH excluding ortho intramolecular Hbond substituents is 1. The van der Waals surface area contributed by atoms with E-state index >= 15 is 0 Å². The highest BCUT2D eigenvalue weighted by Gasteiger charge is 2.06. The maximum Gasteiger partial charge on any atom is 0.166 e. The maximum atomic E-state index is 9.97. The number of phenols is 1. The molecule has 2 aromatic carbocycles. The van der Waals surface area contributed by atoms with Crippen LogP contribution in [0.5, 0.6) is 11.5 Å². The van der Waals surface area contributed by atoms with Crippen LogP contribution < -0.4 is 10.5 Å². The van der Waals surface area contributed by atoms with Crippen LogP contribution in [0, 0.1) is 0 Å². The second-order valence-corrected chi connectivity index (χ2v) is 5.69. The molecule has 0 unspecified atom stereocenters. The molecule has 2 aromatic rings. The number of benzene rings is 2. The molecule has 0 heterocycles. The number of hydrogen-bond acceptors (Lipinski definition) is 4. The fourth-order valence-electron chi connectivity index (χ4n) is 1.61. The van der Waals surface area contributed by atoms with Gasteiger partial charge >= 0.3 is 0 Å². The second kappa shape index (κ2) is 6.28. The number of ether oxygens (including phenoxy) is 1. The van der Waals surface area contributed by atoms with Gasteiger partial charge in [-0.25, -0.2) is 0 Å². The van der Waals surface area contributed by atoms with E-state index in [-0.39, 0.29) is 5.75 Å². The Morgan fingerprint density at radius 3 is 2.65 bits per heavy atom. The van der Waals surface area contributed by atoms with Crippen LogP contribution in [0.1, 0.15) is 5.56 Å². The zero-order chi connectivity index (χ0) is 14.7. The molecule has 0 atom stereocenters. The van der Waals surface area contributed by atoms with Crippen molar-refractivity contribution in [3.8, 4) is 11.5 Å². The number of nitrogen functional groups attached to an aromatic ring is 1. The zero-order valence-electron chi connectivity index (χ0n) is 10.6. The molecule has 104 valence electrons. The first-order chi connectivity index (χ1) is 9.52. The standard InChI is InChI=1S/C14H12Br2N2O2/c1-20-13-4-2-3-8(14(13)19)7-18-12-6-10(16)9(15)5-11(12)17/h2-7,19H,17H2,1H3. The second-order valence-electron chi connectivity index (χ2n) is 3.98. The van der Waals surface area contributed by atoms with Crippen molar-refractivity contribution in [1.82, 2.24) is 0 Å². The summed E-state index contributed by atoms with van der Waals surface area (Å²) >= 11 is 6.77. The number of halogens is 2. The Labute approximate surface area is 133 Å². The Kier molecular flexibility index (Phi) is 4.67. The molecule has 6 heteroatoms. The average molecular weight is 400 g/mol. The first-order valence-corrected chi connectivity index (χ1v) is 7.26. The molecule has 0 saturated heterocycles. The van der Waals surface area contributed by atoms with Crippen LogP contribution in [-0.4, -0.2) is 18.4 Å². The van der Waals surface area contributed by atoms with Gasteiger partial charge in [0.2, 0.25) is 0 Å². The highest BCUT2D eigenvalue weighted by molar-refractivity contribution is 9.13. The van der Waals surface area contributed by atoms with Crippen molar-refractivity contribution in [3.63, 3.8) is 0 Å². The first-order valence-electron chi connectivity index (χ1n) is 5.67. The Balaban J connectivity index is 2.37. The summed E-state index contributed by atoms with van der Waals surface area (Å²) in [6, 6.07) is 8.76. The van der Waals surface area contributed by atoms with Gasteiger partial charge in [-0.1, -0.05) is 6.07 Å². The summed E-state index contributed by atoms with van der Waals surface area (Å²) in [4.78, 5) is 4.30. The van der Waals surface area contributed by atoms with Gasteiger partial charge in [0.05, 0.1) is 18.5 Å². The van der Waals surface area contributed by atoms with Crippen molar-refractivity contribution in [2.75, 3.05) is 12.8 Å². The zero-order valence-corrected chi connectivity index (χ0v) is 13.8. The van der Waals surface area contributed by atoms with E-state index in [2.05, 4.69) is 36.9 Å². The summed E-state index contributed by atoms with van der Waals surface area (Å²) < 4.78 is 6.76. The molecule has 0 radical (unpaired) electrons. The molecule has 3 N–H and O–H groups in total. The van der Waals surface area contributed by atoms with Crippen LogP contribution >= 0.6 is 31.9 Å². The molecule has 0 spiro atoms. The molecule has 2 rings (SSSR count). The molecule has 0 bridgehead atoms. The Morgan fingerprint density at radius 1 is 1.25 bits per heavy atom. The smallest absolute Gasteiger partial charge is 0.166 e. The van der Waals surface area contributed by atoms with Gasteiger partial charge in [0.15, 0.2) is 11.5 Å². The highest BCUT2D eigenvalue weighted by atomic mass is 79.9. The maximum absolute atomic E-state index is 9.97. The van der Waals surface area contributed by atoms with Crippen LogP contribution in [0.25, 0.3) is 0 Å². The average Bonchev–Trinajstić information content (AvgIpc) is 2.43. The minimum absolute atomic E-state index is 0.0495. The highest BCUT2D eigenvalue weighted by Crippen LogP contribution is 2.34. The van der Waals surface area contributed by atoms with Crippen LogP contribution in [-0.2, 0) is 0 Å². The van der Waals surface area contributed by atoms with E-state index in [9.17, 15) is 5.11 Å². The number of aliphatic imine (C=N–C) groups is 1. The summed E-state index contributed by atoms with van der Waals surface area (Å²) in [5.41, 5.74) is 7.61. The number of aromatic hydroxyl groups is 1. The molecule has 20 heavy (non-hydrogen) atoms. The molecular formula is C14H12Br2N2O2. The normalized spacial score (nSPS) is 10.9. The van der Waals surface area contributed by atoms with Crippen molar-refractivity contribution >= 4 is 49.4 Å². The number of hydrogen-bond donors (Lipinski definition) is 2. The fourth-order valence-corrected chi connectivity index (χ4v) is 2.30. The van der Waals surface area contributed by atoms with Gasteiger partial charge in [-0.05, 0) is 56.1 Å². The van der Waals surface area contributed by atoms with E-state index in [0.717, 1.165) is 8.95 Å². The van der Waals surface area contributed by atoms with E-state index in [1.165, 1.54) is 7.11 Å². The lowest BCUT2D eigenvalue weighted by molar-refractivity contribution is 0.373. The molecule has 0 aliphatic heterocycles. The third-order valence-electron chi connectivity index (χ3n) is 2.66. The van der Waals surface area contributed by atoms with Gasteiger partial charge in [0.25, 0.3) is 0 Å². The quantitative estimate of drug-likeness (QED) is 0.598. The lowest BCUT2D eigenvalue weighted by Gasteiger charge is -2.06. The molecule has 0 amide bonds. The van der Waals surface area contributed by atoms with Crippen molar-refractivity contribution in [2.24, 2.45) is 4.99 Å². The molecule has 0 aliphatic carbocycles. The molecular weight excluding hydrogens is 388 g/mol. The molecule has 0 saturated carbocycles. The Bertz CT molecular complexity index is 672. The lowest BCUT2D eigenvalue weighted by atomic mass is 10.2. The largest absolute Gasteiger partial charge is 0.504 e. The number of anilines is 1. The van der Waals surface area contributed by atoms with Crippen LogP contribution in [0.3, 0.4) is 0 Å². The van der Waals surface area contributed by atoms with E-state index in [0.29, 0.717) is 22.7 Å². The van der Waals surface area contributed by atoms with E-state index in [4.69, 9.17) is 10.5 Å². The monoisotopic (exact) mass is 398 g/mol. The number of nitrogens with zero attached hydrogens (tertiary/aromatic N) is 1. The number of para-hydroxylation sites is 1. The molecule has 4 nitrogen and oxygen atoms in total. The van der Waals surface area contributed by atoms with Crippen molar-refractivity contribution in [2.45, 2.75) is 0 Å². The van der Waals surface area contributed by atoms with Gasteiger partial charge in [0.1, 0.15) is 0 Å². The molecule has 0 aliphatic rings. The van der Waals surface area contributed by atoms with Gasteiger partial charge in [-0.15, -0.1) is 0 Å². The van der Waals surface area contributed by atoms with E-state index < -0.39 is 0 Å². The SMILES string of the molecule is COc1cccc(C=Nc2cc(Br)c(Br)cc2N)c1O. The predicted octanol–water partition coefficient (Wildman–Crippen LogP) is 4.26. The van der Waals surface area contributed by atoms with Crippen LogP contribution in [0.15, 0.2) is 44.3 Å². The molecule has 0 aromatic heterocycles. The fraction of sp³-hybridized carbons (Fsp3) is 0.0714. The Hall–Kier alpha value is -1.53. The number of nitrogens with two attached hydrogens (primary N) is 1. The molecule has 0 fully saturated rings. The minimum Gasteiger partial charge on any atom is -0.504 e.